The van der Waals surface area contributed by atoms with Gasteiger partial charge in [0.1, 0.15) is 0 Å². The number of halogens is 3. The normalized spacial score (nSPS) is 41.5. The molecule has 1 amide bonds. The molecule has 0 aromatic heterocycles. The SMILES string of the molecule is O=C([C@@H]1CCC[C@H](C(F)(F)F)C1)N1CCC[C@@H]1C[C@@H]1C[C@H]2CC[C@H]1C2. The number of alkyl halides is 3. The van der Waals surface area contributed by atoms with E-state index in [0.717, 1.165) is 43.6 Å². The van der Waals surface area contributed by atoms with Gasteiger partial charge < -0.3 is 4.90 Å². The highest BCUT2D eigenvalue weighted by Gasteiger charge is 2.46. The lowest BCUT2D eigenvalue weighted by atomic mass is 9.80. The molecule has 0 spiro atoms. The first-order chi connectivity index (χ1) is 11.9. The van der Waals surface area contributed by atoms with Crippen molar-refractivity contribution in [3.63, 3.8) is 0 Å². The fraction of sp³-hybridized carbons (Fsp3) is 0.950. The van der Waals surface area contributed by atoms with E-state index in [1.54, 1.807) is 0 Å². The van der Waals surface area contributed by atoms with E-state index in [-0.39, 0.29) is 18.7 Å². The second-order valence-corrected chi connectivity index (χ2v) is 9.10. The van der Waals surface area contributed by atoms with Crippen molar-refractivity contribution in [2.24, 2.45) is 29.6 Å². The number of carbonyl (C=O) groups is 1. The van der Waals surface area contributed by atoms with E-state index < -0.39 is 18.0 Å². The zero-order valence-corrected chi connectivity index (χ0v) is 14.9. The van der Waals surface area contributed by atoms with Crippen LogP contribution in [0.15, 0.2) is 0 Å². The average molecular weight is 357 g/mol. The van der Waals surface area contributed by atoms with Gasteiger partial charge in [-0.2, -0.15) is 13.2 Å². The molecule has 0 radical (unpaired) electrons. The number of nitrogens with zero attached hydrogens (tertiary/aromatic N) is 1. The summed E-state index contributed by atoms with van der Waals surface area (Å²) in [7, 11) is 0. The van der Waals surface area contributed by atoms with E-state index in [4.69, 9.17) is 0 Å². The average Bonchev–Trinajstić information content (AvgIpc) is 3.30. The third-order valence-corrected chi connectivity index (χ3v) is 7.61. The van der Waals surface area contributed by atoms with Crippen LogP contribution in [0.5, 0.6) is 0 Å². The van der Waals surface area contributed by atoms with Crippen LogP contribution in [0.3, 0.4) is 0 Å². The molecule has 0 unspecified atom stereocenters. The third kappa shape index (κ3) is 3.57. The second-order valence-electron chi connectivity index (χ2n) is 9.10. The Kier molecular flexibility index (Phi) is 4.78. The molecule has 5 heteroatoms. The van der Waals surface area contributed by atoms with E-state index in [2.05, 4.69) is 0 Å². The molecule has 1 heterocycles. The maximum absolute atomic E-state index is 13.1. The molecular formula is C20H30F3NO. The number of carbonyl (C=O) groups excluding carboxylic acids is 1. The van der Waals surface area contributed by atoms with Gasteiger partial charge in [0, 0.05) is 18.5 Å². The van der Waals surface area contributed by atoms with Crippen LogP contribution in [-0.4, -0.2) is 29.6 Å². The molecule has 4 rings (SSSR count). The topological polar surface area (TPSA) is 20.3 Å². The number of hydrogen-bond donors (Lipinski definition) is 0. The summed E-state index contributed by atoms with van der Waals surface area (Å²) in [5.41, 5.74) is 0. The molecule has 3 aliphatic carbocycles. The Hall–Kier alpha value is -0.740. The van der Waals surface area contributed by atoms with Crippen LogP contribution in [0, 0.1) is 29.6 Å². The fourth-order valence-electron chi connectivity index (χ4n) is 6.33. The minimum absolute atomic E-state index is 0.0136. The first-order valence-corrected chi connectivity index (χ1v) is 10.3. The van der Waals surface area contributed by atoms with Crippen LogP contribution in [0.2, 0.25) is 0 Å². The summed E-state index contributed by atoms with van der Waals surface area (Å²) in [5.74, 6) is 0.868. The largest absolute Gasteiger partial charge is 0.391 e. The Morgan fingerprint density at radius 2 is 1.80 bits per heavy atom. The number of fused-ring (bicyclic) bond motifs is 2. The van der Waals surface area contributed by atoms with Crippen molar-refractivity contribution in [1.82, 2.24) is 4.90 Å². The minimum atomic E-state index is -4.15. The molecule has 4 aliphatic rings. The molecule has 4 fully saturated rings. The molecule has 142 valence electrons. The van der Waals surface area contributed by atoms with E-state index in [0.29, 0.717) is 18.9 Å². The predicted octanol–water partition coefficient (Wildman–Crippen LogP) is 5.17. The second kappa shape index (κ2) is 6.77. The van der Waals surface area contributed by atoms with Crippen molar-refractivity contribution in [2.45, 2.75) is 82.8 Å². The Balaban J connectivity index is 1.37. The quantitative estimate of drug-likeness (QED) is 0.682. The Morgan fingerprint density at radius 3 is 2.48 bits per heavy atom. The van der Waals surface area contributed by atoms with E-state index in [9.17, 15) is 18.0 Å². The monoisotopic (exact) mass is 357 g/mol. The lowest BCUT2D eigenvalue weighted by Crippen LogP contribution is -2.43. The van der Waals surface area contributed by atoms with Crippen molar-refractivity contribution < 1.29 is 18.0 Å². The summed E-state index contributed by atoms with van der Waals surface area (Å²) in [4.78, 5) is 15.0. The number of rotatable bonds is 3. The molecule has 0 aromatic rings. The first kappa shape index (κ1) is 17.7. The number of likely N-dealkylation sites (tertiary alicyclic amines) is 1. The Bertz CT molecular complexity index is 506. The van der Waals surface area contributed by atoms with Crippen molar-refractivity contribution in [3.8, 4) is 0 Å². The zero-order chi connectivity index (χ0) is 17.6. The Labute approximate surface area is 148 Å². The molecule has 6 atom stereocenters. The van der Waals surface area contributed by atoms with Crippen LogP contribution >= 0.6 is 0 Å². The highest BCUT2D eigenvalue weighted by Crippen LogP contribution is 2.51. The van der Waals surface area contributed by atoms with Gasteiger partial charge in [0.25, 0.3) is 0 Å². The smallest absolute Gasteiger partial charge is 0.339 e. The van der Waals surface area contributed by atoms with Crippen molar-refractivity contribution in [3.05, 3.63) is 0 Å². The maximum atomic E-state index is 13.1. The standard InChI is InChI=1S/C20H30F3NO/c21-20(22,23)17-4-1-3-15(11-17)19(25)24-8-2-5-18(24)12-16-10-13-6-7-14(16)9-13/h13-18H,1-12H2/t13-,14-,15+,16-,17-,18+/m0/s1. The van der Waals surface area contributed by atoms with Gasteiger partial charge in [-0.3, -0.25) is 4.79 Å². The minimum Gasteiger partial charge on any atom is -0.339 e. The maximum Gasteiger partial charge on any atom is 0.391 e. The van der Waals surface area contributed by atoms with Crippen LogP contribution in [0.1, 0.15) is 70.6 Å². The van der Waals surface area contributed by atoms with Gasteiger partial charge in [-0.1, -0.05) is 12.8 Å². The first-order valence-electron chi connectivity index (χ1n) is 10.3. The van der Waals surface area contributed by atoms with Crippen molar-refractivity contribution >= 4 is 5.91 Å². The van der Waals surface area contributed by atoms with Gasteiger partial charge >= 0.3 is 6.18 Å². The molecular weight excluding hydrogens is 327 g/mol. The summed E-state index contributed by atoms with van der Waals surface area (Å²) in [6, 6.07) is 0.295. The number of hydrogen-bond acceptors (Lipinski definition) is 1. The van der Waals surface area contributed by atoms with Crippen molar-refractivity contribution in [1.29, 1.82) is 0 Å². The molecule has 2 nitrogen and oxygen atoms in total. The summed E-state index contributed by atoms with van der Waals surface area (Å²) < 4.78 is 39.2. The molecule has 0 N–H and O–H groups in total. The summed E-state index contributed by atoms with van der Waals surface area (Å²) in [5, 5.41) is 0. The van der Waals surface area contributed by atoms with Gasteiger partial charge in [0.2, 0.25) is 5.91 Å². The molecule has 1 aliphatic heterocycles. The third-order valence-electron chi connectivity index (χ3n) is 7.61. The van der Waals surface area contributed by atoms with Crippen molar-refractivity contribution in [2.75, 3.05) is 6.54 Å². The van der Waals surface area contributed by atoms with Gasteiger partial charge in [0.05, 0.1) is 5.92 Å². The highest BCUT2D eigenvalue weighted by molar-refractivity contribution is 5.79. The summed E-state index contributed by atoms with van der Waals surface area (Å²) in [6.07, 6.45) is 5.84. The summed E-state index contributed by atoms with van der Waals surface area (Å²) >= 11 is 0. The predicted molar refractivity (Wildman–Crippen MR) is 89.8 cm³/mol. The van der Waals surface area contributed by atoms with Gasteiger partial charge in [0.15, 0.2) is 0 Å². The Morgan fingerprint density at radius 1 is 0.960 bits per heavy atom. The van der Waals surface area contributed by atoms with Gasteiger partial charge in [-0.15, -0.1) is 0 Å². The summed E-state index contributed by atoms with van der Waals surface area (Å²) in [6.45, 7) is 0.761. The van der Waals surface area contributed by atoms with E-state index in [1.807, 2.05) is 4.90 Å². The van der Waals surface area contributed by atoms with E-state index in [1.165, 1.54) is 25.7 Å². The molecule has 2 bridgehead atoms. The molecule has 25 heavy (non-hydrogen) atoms. The fourth-order valence-corrected chi connectivity index (χ4v) is 6.33. The lowest BCUT2D eigenvalue weighted by molar-refractivity contribution is -0.187. The highest BCUT2D eigenvalue weighted by atomic mass is 19.4. The van der Waals surface area contributed by atoms with Gasteiger partial charge in [-0.05, 0) is 75.5 Å². The molecule has 3 saturated carbocycles. The van der Waals surface area contributed by atoms with Gasteiger partial charge in [-0.25, -0.2) is 0 Å². The lowest BCUT2D eigenvalue weighted by Gasteiger charge is -2.35. The van der Waals surface area contributed by atoms with Crippen LogP contribution in [0.4, 0.5) is 13.2 Å². The van der Waals surface area contributed by atoms with Crippen LogP contribution in [0.25, 0.3) is 0 Å². The molecule has 0 aromatic carbocycles. The van der Waals surface area contributed by atoms with E-state index >= 15 is 0 Å². The zero-order valence-electron chi connectivity index (χ0n) is 14.9. The number of amides is 1. The molecule has 1 saturated heterocycles. The van der Waals surface area contributed by atoms with Crippen LogP contribution in [-0.2, 0) is 4.79 Å². The van der Waals surface area contributed by atoms with Crippen LogP contribution < -0.4 is 0 Å².